The highest BCUT2D eigenvalue weighted by molar-refractivity contribution is 9.10. The molecule has 0 fully saturated rings. The maximum atomic E-state index is 10.4. The SMILES string of the molecule is Cc1ccc2cc(N=Cc3c(C)c(Cl)c(C)c(Br)c3O)ccc2n1. The van der Waals surface area contributed by atoms with Gasteiger partial charge in [-0.15, -0.1) is 0 Å². The summed E-state index contributed by atoms with van der Waals surface area (Å²) in [5.74, 6) is 0.149. The third-order valence-electron chi connectivity index (χ3n) is 4.01. The summed E-state index contributed by atoms with van der Waals surface area (Å²) in [5, 5.41) is 12.0. The van der Waals surface area contributed by atoms with Crippen molar-refractivity contribution in [3.63, 3.8) is 0 Å². The first-order valence-electron chi connectivity index (χ1n) is 7.47. The molecule has 1 heterocycles. The van der Waals surface area contributed by atoms with Gasteiger partial charge < -0.3 is 5.11 Å². The van der Waals surface area contributed by atoms with Crippen molar-refractivity contribution in [2.45, 2.75) is 20.8 Å². The van der Waals surface area contributed by atoms with Crippen LogP contribution in [0.4, 0.5) is 5.69 Å². The van der Waals surface area contributed by atoms with Crippen LogP contribution in [0.3, 0.4) is 0 Å². The molecule has 3 rings (SSSR count). The lowest BCUT2D eigenvalue weighted by Crippen LogP contribution is -1.94. The van der Waals surface area contributed by atoms with Crippen molar-refractivity contribution >= 4 is 50.3 Å². The molecule has 3 nitrogen and oxygen atoms in total. The molecule has 0 spiro atoms. The Balaban J connectivity index is 2.04. The van der Waals surface area contributed by atoms with Crippen molar-refractivity contribution in [1.29, 1.82) is 0 Å². The first-order chi connectivity index (χ1) is 11.4. The molecule has 122 valence electrons. The van der Waals surface area contributed by atoms with E-state index in [0.29, 0.717) is 15.1 Å². The minimum Gasteiger partial charge on any atom is -0.506 e. The third kappa shape index (κ3) is 3.04. The molecule has 24 heavy (non-hydrogen) atoms. The molecule has 0 aliphatic heterocycles. The summed E-state index contributed by atoms with van der Waals surface area (Å²) < 4.78 is 0.595. The number of fused-ring (bicyclic) bond motifs is 1. The van der Waals surface area contributed by atoms with Crippen molar-refractivity contribution < 1.29 is 5.11 Å². The fourth-order valence-corrected chi connectivity index (χ4v) is 3.28. The molecule has 0 unspecified atom stereocenters. The standard InChI is InChI=1S/C19H16BrClN2O/c1-10-4-5-13-8-14(6-7-16(13)23-10)22-9-15-11(2)18(21)12(3)17(20)19(15)24/h4-9,24H,1-3H3. The number of aryl methyl sites for hydroxylation is 1. The molecule has 3 aromatic rings. The average molecular weight is 404 g/mol. The maximum Gasteiger partial charge on any atom is 0.139 e. The van der Waals surface area contributed by atoms with E-state index in [2.05, 4.69) is 25.9 Å². The van der Waals surface area contributed by atoms with Crippen LogP contribution in [-0.4, -0.2) is 16.3 Å². The topological polar surface area (TPSA) is 45.5 Å². The van der Waals surface area contributed by atoms with Gasteiger partial charge in [-0.2, -0.15) is 0 Å². The van der Waals surface area contributed by atoms with Crippen LogP contribution in [0.25, 0.3) is 10.9 Å². The van der Waals surface area contributed by atoms with Crippen LogP contribution in [0.2, 0.25) is 5.02 Å². The van der Waals surface area contributed by atoms with Crippen LogP contribution in [0.15, 0.2) is 39.8 Å². The number of nitrogens with zero attached hydrogens (tertiary/aromatic N) is 2. The Labute approximate surface area is 154 Å². The van der Waals surface area contributed by atoms with Gasteiger partial charge in [0, 0.05) is 27.9 Å². The van der Waals surface area contributed by atoms with E-state index in [0.717, 1.165) is 33.4 Å². The number of benzene rings is 2. The van der Waals surface area contributed by atoms with Crippen molar-refractivity contribution in [3.8, 4) is 5.75 Å². The number of pyridine rings is 1. The van der Waals surface area contributed by atoms with Crippen LogP contribution in [0.5, 0.6) is 5.75 Å². The molecule has 0 amide bonds. The summed E-state index contributed by atoms with van der Waals surface area (Å²) in [6.45, 7) is 5.70. The van der Waals surface area contributed by atoms with Gasteiger partial charge in [0.25, 0.3) is 0 Å². The van der Waals surface area contributed by atoms with E-state index in [4.69, 9.17) is 11.6 Å². The number of halogens is 2. The van der Waals surface area contributed by atoms with E-state index in [9.17, 15) is 5.11 Å². The fraction of sp³-hybridized carbons (Fsp3) is 0.158. The van der Waals surface area contributed by atoms with E-state index in [1.54, 1.807) is 6.21 Å². The zero-order chi connectivity index (χ0) is 17.4. The Kier molecular flexibility index (Phi) is 4.61. The minimum atomic E-state index is 0.149. The van der Waals surface area contributed by atoms with Crippen LogP contribution < -0.4 is 0 Å². The predicted molar refractivity (Wildman–Crippen MR) is 104 cm³/mol. The van der Waals surface area contributed by atoms with Crippen molar-refractivity contribution in [3.05, 3.63) is 62.2 Å². The van der Waals surface area contributed by atoms with Gasteiger partial charge in [0.1, 0.15) is 5.75 Å². The van der Waals surface area contributed by atoms with Crippen molar-refractivity contribution in [2.24, 2.45) is 4.99 Å². The highest BCUT2D eigenvalue weighted by Gasteiger charge is 2.15. The summed E-state index contributed by atoms with van der Waals surface area (Å²) in [5.41, 5.74) is 4.94. The molecule has 2 aromatic carbocycles. The lowest BCUT2D eigenvalue weighted by molar-refractivity contribution is 0.470. The highest BCUT2D eigenvalue weighted by atomic mass is 79.9. The molecular weight excluding hydrogens is 388 g/mol. The van der Waals surface area contributed by atoms with Gasteiger partial charge in [-0.3, -0.25) is 9.98 Å². The average Bonchev–Trinajstić information content (AvgIpc) is 2.58. The molecular formula is C19H16BrClN2O. The van der Waals surface area contributed by atoms with Crippen LogP contribution in [0.1, 0.15) is 22.4 Å². The molecule has 0 atom stereocenters. The normalized spacial score (nSPS) is 11.5. The number of hydrogen-bond acceptors (Lipinski definition) is 3. The second-order valence-corrected chi connectivity index (χ2v) is 6.90. The van der Waals surface area contributed by atoms with Gasteiger partial charge in [0.2, 0.25) is 0 Å². The first-order valence-corrected chi connectivity index (χ1v) is 8.64. The Morgan fingerprint density at radius 1 is 1.12 bits per heavy atom. The Morgan fingerprint density at radius 2 is 1.88 bits per heavy atom. The first kappa shape index (κ1) is 16.9. The van der Waals surface area contributed by atoms with Gasteiger partial charge in [-0.25, -0.2) is 0 Å². The molecule has 1 N–H and O–H groups in total. The number of aromatic nitrogens is 1. The predicted octanol–water partition coefficient (Wildman–Crippen LogP) is 6.03. The molecule has 0 aliphatic carbocycles. The number of phenols is 1. The third-order valence-corrected chi connectivity index (χ3v) is 5.55. The summed E-state index contributed by atoms with van der Waals surface area (Å²) in [7, 11) is 0. The smallest absolute Gasteiger partial charge is 0.139 e. The summed E-state index contributed by atoms with van der Waals surface area (Å²) in [4.78, 5) is 8.97. The van der Waals surface area contributed by atoms with Crippen molar-refractivity contribution in [1.82, 2.24) is 4.98 Å². The molecule has 0 bridgehead atoms. The monoisotopic (exact) mass is 402 g/mol. The lowest BCUT2D eigenvalue weighted by Gasteiger charge is -2.12. The maximum absolute atomic E-state index is 10.4. The quantitative estimate of drug-likeness (QED) is 0.531. The molecule has 0 aliphatic rings. The molecule has 0 saturated heterocycles. The number of rotatable bonds is 2. The number of hydrogen-bond donors (Lipinski definition) is 1. The van der Waals surface area contributed by atoms with E-state index in [-0.39, 0.29) is 5.75 Å². The molecule has 1 aromatic heterocycles. The highest BCUT2D eigenvalue weighted by Crippen LogP contribution is 2.38. The van der Waals surface area contributed by atoms with Gasteiger partial charge in [-0.05, 0) is 72.1 Å². The zero-order valence-corrected chi connectivity index (χ0v) is 15.9. The molecule has 5 heteroatoms. The number of aromatic hydroxyl groups is 1. The minimum absolute atomic E-state index is 0.149. The number of aliphatic imine (C=N–C) groups is 1. The second kappa shape index (κ2) is 6.54. The molecule has 0 radical (unpaired) electrons. The van der Waals surface area contributed by atoms with Crippen molar-refractivity contribution in [2.75, 3.05) is 0 Å². The van der Waals surface area contributed by atoms with Gasteiger partial charge >= 0.3 is 0 Å². The van der Waals surface area contributed by atoms with E-state index in [1.165, 1.54) is 0 Å². The van der Waals surface area contributed by atoms with Crippen LogP contribution in [0, 0.1) is 20.8 Å². The lowest BCUT2D eigenvalue weighted by atomic mass is 10.0. The summed E-state index contributed by atoms with van der Waals surface area (Å²) >= 11 is 9.70. The number of phenolic OH excluding ortho intramolecular Hbond substituents is 1. The Bertz CT molecular complexity index is 954. The van der Waals surface area contributed by atoms with Gasteiger partial charge in [-0.1, -0.05) is 17.7 Å². The van der Waals surface area contributed by atoms with Gasteiger partial charge in [0.15, 0.2) is 0 Å². The summed E-state index contributed by atoms with van der Waals surface area (Å²) in [6, 6.07) is 9.82. The molecule has 0 saturated carbocycles. The van der Waals surface area contributed by atoms with Crippen LogP contribution >= 0.6 is 27.5 Å². The zero-order valence-electron chi connectivity index (χ0n) is 13.6. The van der Waals surface area contributed by atoms with Gasteiger partial charge in [0.05, 0.1) is 15.7 Å². The fourth-order valence-electron chi connectivity index (χ4n) is 2.56. The largest absolute Gasteiger partial charge is 0.506 e. The Hall–Kier alpha value is -1.91. The summed E-state index contributed by atoms with van der Waals surface area (Å²) in [6.07, 6.45) is 1.64. The second-order valence-electron chi connectivity index (χ2n) is 5.73. The van der Waals surface area contributed by atoms with E-state index in [1.807, 2.05) is 51.1 Å². The Morgan fingerprint density at radius 3 is 2.62 bits per heavy atom. The van der Waals surface area contributed by atoms with E-state index < -0.39 is 0 Å². The van der Waals surface area contributed by atoms with E-state index >= 15 is 0 Å². The van der Waals surface area contributed by atoms with Crippen LogP contribution in [-0.2, 0) is 0 Å².